The molecule has 0 saturated carbocycles. The molecule has 4 nitrogen and oxygen atoms in total. The van der Waals surface area contributed by atoms with Crippen molar-refractivity contribution in [3.63, 3.8) is 0 Å². The van der Waals surface area contributed by atoms with Crippen molar-refractivity contribution in [3.8, 4) is 0 Å². The van der Waals surface area contributed by atoms with Crippen molar-refractivity contribution in [2.45, 2.75) is 12.5 Å². The quantitative estimate of drug-likeness (QED) is 0.877. The summed E-state index contributed by atoms with van der Waals surface area (Å²) < 4.78 is 0.831. The van der Waals surface area contributed by atoms with Crippen molar-refractivity contribution in [1.82, 2.24) is 4.98 Å². The maximum absolute atomic E-state index is 6.09. The second-order valence-corrected chi connectivity index (χ2v) is 6.88. The Hall–Kier alpha value is -1.11. The van der Waals surface area contributed by atoms with Crippen molar-refractivity contribution in [1.29, 1.82) is 0 Å². The van der Waals surface area contributed by atoms with Gasteiger partial charge in [-0.1, -0.05) is 11.6 Å². The highest BCUT2D eigenvalue weighted by Gasteiger charge is 2.42. The highest BCUT2D eigenvalue weighted by Crippen LogP contribution is 2.39. The number of hydrogen-bond acceptors (Lipinski definition) is 5. The van der Waals surface area contributed by atoms with Crippen LogP contribution in [0.4, 0.5) is 5.69 Å². The predicted molar refractivity (Wildman–Crippen MR) is 87.6 cm³/mol. The van der Waals surface area contributed by atoms with Gasteiger partial charge in [0, 0.05) is 21.7 Å². The molecule has 2 heterocycles. The molecule has 0 fully saturated rings. The first-order valence-corrected chi connectivity index (χ1v) is 8.02. The maximum atomic E-state index is 6.09. The molecule has 1 aromatic heterocycles. The van der Waals surface area contributed by atoms with Crippen LogP contribution >= 0.6 is 38.9 Å². The van der Waals surface area contributed by atoms with Crippen LogP contribution in [0.25, 0.3) is 0 Å². The van der Waals surface area contributed by atoms with Crippen LogP contribution in [-0.4, -0.2) is 17.5 Å². The first kappa shape index (κ1) is 13.9. The van der Waals surface area contributed by atoms with Crippen LogP contribution < -0.4 is 10.6 Å². The summed E-state index contributed by atoms with van der Waals surface area (Å²) in [6.45, 7) is 2.68. The van der Waals surface area contributed by atoms with Gasteiger partial charge >= 0.3 is 0 Å². The van der Waals surface area contributed by atoms with Crippen LogP contribution in [0.1, 0.15) is 11.9 Å². The zero-order valence-corrected chi connectivity index (χ0v) is 13.8. The van der Waals surface area contributed by atoms with Crippen LogP contribution in [-0.2, 0) is 5.54 Å². The fraction of sp³-hybridized carbons (Fsp3) is 0.231. The van der Waals surface area contributed by atoms with Crippen molar-refractivity contribution in [2.75, 3.05) is 11.4 Å². The lowest BCUT2D eigenvalue weighted by Crippen LogP contribution is -2.47. The third-order valence-electron chi connectivity index (χ3n) is 3.33. The molecule has 1 aliphatic heterocycles. The van der Waals surface area contributed by atoms with Gasteiger partial charge in [0.25, 0.3) is 0 Å². The molecule has 0 amide bonds. The van der Waals surface area contributed by atoms with Gasteiger partial charge in [-0.3, -0.25) is 9.89 Å². The number of hydrogen-bond donors (Lipinski definition) is 1. The monoisotopic (exact) mass is 370 g/mol. The number of nitrogens with two attached hydrogens (primary N) is 1. The van der Waals surface area contributed by atoms with Gasteiger partial charge in [-0.05, 0) is 41.1 Å². The second-order valence-electron chi connectivity index (χ2n) is 4.72. The number of benzene rings is 1. The number of halogens is 2. The minimum absolute atomic E-state index is 0.356. The van der Waals surface area contributed by atoms with Crippen molar-refractivity contribution in [2.24, 2.45) is 10.7 Å². The summed E-state index contributed by atoms with van der Waals surface area (Å²) in [5, 5.41) is 3.62. The molecule has 1 atom stereocenters. The molecular formula is C13H12BrClN4S. The molecule has 1 aliphatic rings. The summed E-state index contributed by atoms with van der Waals surface area (Å²) in [5.41, 5.74) is 6.67. The third-order valence-corrected chi connectivity index (χ3v) is 5.57. The average Bonchev–Trinajstić information content (AvgIpc) is 3.03. The lowest BCUT2D eigenvalue weighted by Gasteiger charge is -2.34. The van der Waals surface area contributed by atoms with E-state index < -0.39 is 0 Å². The van der Waals surface area contributed by atoms with E-state index in [4.69, 9.17) is 17.3 Å². The van der Waals surface area contributed by atoms with Crippen LogP contribution in [0.3, 0.4) is 0 Å². The summed E-state index contributed by atoms with van der Waals surface area (Å²) in [7, 11) is 0. The molecule has 0 radical (unpaired) electrons. The Bertz CT molecular complexity index is 673. The van der Waals surface area contributed by atoms with Gasteiger partial charge in [0.2, 0.25) is 0 Å². The van der Waals surface area contributed by atoms with Gasteiger partial charge in [0.05, 0.1) is 11.6 Å². The summed E-state index contributed by atoms with van der Waals surface area (Å²) >= 11 is 11.1. The standard InChI is InChI=1S/C13H12BrClN4S/c1-13(11-17-4-5-20-11)7-18-12(16)19(13)8-2-3-10(15)9(14)6-8/h2-6H,7H2,1H3,(H2,16,18). The number of anilines is 1. The van der Waals surface area contributed by atoms with Crippen LogP contribution in [0, 0.1) is 0 Å². The third kappa shape index (κ3) is 2.12. The second kappa shape index (κ2) is 5.02. The molecule has 7 heteroatoms. The average molecular weight is 372 g/mol. The molecule has 3 rings (SSSR count). The molecule has 104 valence electrons. The number of aromatic nitrogens is 1. The van der Waals surface area contributed by atoms with E-state index in [0.29, 0.717) is 17.5 Å². The molecule has 0 saturated heterocycles. The lowest BCUT2D eigenvalue weighted by molar-refractivity contribution is 0.529. The Balaban J connectivity index is 2.09. The SMILES string of the molecule is CC1(c2nccs2)CN=C(N)N1c1ccc(Cl)c(Br)c1. The Morgan fingerprint density at radius 1 is 1.50 bits per heavy atom. The number of rotatable bonds is 2. The van der Waals surface area contributed by atoms with E-state index in [9.17, 15) is 0 Å². The van der Waals surface area contributed by atoms with Crippen molar-refractivity contribution < 1.29 is 0 Å². The van der Waals surface area contributed by atoms with Gasteiger partial charge < -0.3 is 5.73 Å². The summed E-state index contributed by atoms with van der Waals surface area (Å²) in [5.74, 6) is 0.497. The number of aliphatic imine (C=N–C) groups is 1. The largest absolute Gasteiger partial charge is 0.369 e. The van der Waals surface area contributed by atoms with E-state index in [2.05, 4.69) is 32.8 Å². The summed E-state index contributed by atoms with van der Waals surface area (Å²) in [6.07, 6.45) is 1.80. The highest BCUT2D eigenvalue weighted by molar-refractivity contribution is 9.10. The fourth-order valence-corrected chi connectivity index (χ4v) is 3.59. The number of guanidine groups is 1. The minimum Gasteiger partial charge on any atom is -0.369 e. The topological polar surface area (TPSA) is 54.5 Å². The number of thiazole rings is 1. The smallest absolute Gasteiger partial charge is 0.196 e. The Labute approximate surface area is 134 Å². The van der Waals surface area contributed by atoms with E-state index in [-0.39, 0.29) is 5.54 Å². The Morgan fingerprint density at radius 2 is 2.30 bits per heavy atom. The molecule has 0 bridgehead atoms. The zero-order chi connectivity index (χ0) is 14.3. The van der Waals surface area contributed by atoms with Gasteiger partial charge in [-0.2, -0.15) is 0 Å². The molecular weight excluding hydrogens is 360 g/mol. The fourth-order valence-electron chi connectivity index (χ4n) is 2.32. The zero-order valence-electron chi connectivity index (χ0n) is 10.7. The summed E-state index contributed by atoms with van der Waals surface area (Å²) in [4.78, 5) is 10.8. The lowest BCUT2D eigenvalue weighted by atomic mass is 10.0. The molecule has 2 N–H and O–H groups in total. The van der Waals surface area contributed by atoms with Gasteiger partial charge in [-0.25, -0.2) is 4.98 Å². The van der Waals surface area contributed by atoms with Crippen LogP contribution in [0.5, 0.6) is 0 Å². The summed E-state index contributed by atoms with van der Waals surface area (Å²) in [6, 6.07) is 5.73. The highest BCUT2D eigenvalue weighted by atomic mass is 79.9. The van der Waals surface area contributed by atoms with Gasteiger partial charge in [-0.15, -0.1) is 11.3 Å². The molecule has 0 spiro atoms. The first-order chi connectivity index (χ1) is 9.52. The van der Waals surface area contributed by atoms with E-state index in [0.717, 1.165) is 15.2 Å². The maximum Gasteiger partial charge on any atom is 0.196 e. The van der Waals surface area contributed by atoms with Gasteiger partial charge in [0.1, 0.15) is 10.5 Å². The van der Waals surface area contributed by atoms with Crippen LogP contribution in [0.15, 0.2) is 39.2 Å². The minimum atomic E-state index is -0.356. The van der Waals surface area contributed by atoms with E-state index >= 15 is 0 Å². The predicted octanol–water partition coefficient (Wildman–Crippen LogP) is 3.61. The Kier molecular flexibility index (Phi) is 3.48. The molecule has 20 heavy (non-hydrogen) atoms. The first-order valence-electron chi connectivity index (χ1n) is 5.97. The van der Waals surface area contributed by atoms with Crippen molar-refractivity contribution >= 4 is 50.5 Å². The van der Waals surface area contributed by atoms with Gasteiger partial charge in [0.15, 0.2) is 5.96 Å². The van der Waals surface area contributed by atoms with Crippen LogP contribution in [0.2, 0.25) is 5.02 Å². The van der Waals surface area contributed by atoms with E-state index in [1.807, 2.05) is 28.5 Å². The number of nitrogens with zero attached hydrogens (tertiary/aromatic N) is 3. The van der Waals surface area contributed by atoms with E-state index in [1.54, 1.807) is 17.5 Å². The Morgan fingerprint density at radius 3 is 2.95 bits per heavy atom. The molecule has 1 aromatic carbocycles. The molecule has 2 aromatic rings. The molecule has 0 aliphatic carbocycles. The van der Waals surface area contributed by atoms with Crippen molar-refractivity contribution in [3.05, 3.63) is 44.3 Å². The normalized spacial score (nSPS) is 22.1. The van der Waals surface area contributed by atoms with E-state index in [1.165, 1.54) is 0 Å². The molecule has 1 unspecified atom stereocenters.